The molecule has 1 aromatic heterocycles. The summed E-state index contributed by atoms with van der Waals surface area (Å²) in [5.74, 6) is -0.231. The van der Waals surface area contributed by atoms with Crippen molar-refractivity contribution in [3.05, 3.63) is 58.3 Å². The van der Waals surface area contributed by atoms with Crippen LogP contribution in [0.4, 0.5) is 0 Å². The molecule has 6 heteroatoms. The molecule has 1 aliphatic heterocycles. The highest BCUT2D eigenvalue weighted by Crippen LogP contribution is 2.30. The molecular weight excluding hydrogens is 324 g/mol. The first-order valence-electron chi connectivity index (χ1n) is 7.77. The Morgan fingerprint density at radius 2 is 2.04 bits per heavy atom. The van der Waals surface area contributed by atoms with E-state index in [2.05, 4.69) is 0 Å². The number of amides is 2. The quantitative estimate of drug-likeness (QED) is 0.855. The van der Waals surface area contributed by atoms with Gasteiger partial charge in [0.25, 0.3) is 5.91 Å². The number of ether oxygens (including phenoxy) is 1. The summed E-state index contributed by atoms with van der Waals surface area (Å²) in [6.07, 6.45) is -0.694. The lowest BCUT2D eigenvalue weighted by Crippen LogP contribution is -2.53. The van der Waals surface area contributed by atoms with E-state index in [0.717, 1.165) is 10.4 Å². The summed E-state index contributed by atoms with van der Waals surface area (Å²) in [5.41, 5.74) is 0.899. The molecule has 0 bridgehead atoms. The van der Waals surface area contributed by atoms with Crippen LogP contribution in [-0.2, 0) is 20.9 Å². The summed E-state index contributed by atoms with van der Waals surface area (Å²) in [6, 6.07) is 13.1. The maximum atomic E-state index is 12.9. The molecular formula is C18H20N2O3S. The van der Waals surface area contributed by atoms with E-state index in [1.165, 1.54) is 0 Å². The van der Waals surface area contributed by atoms with Crippen molar-refractivity contribution in [2.24, 2.45) is 0 Å². The van der Waals surface area contributed by atoms with Crippen LogP contribution in [0.3, 0.4) is 0 Å². The highest BCUT2D eigenvalue weighted by Gasteiger charge is 2.41. The normalized spacial score (nSPS) is 20.9. The van der Waals surface area contributed by atoms with E-state index >= 15 is 0 Å². The van der Waals surface area contributed by atoms with E-state index in [-0.39, 0.29) is 18.4 Å². The molecule has 5 nitrogen and oxygen atoms in total. The maximum absolute atomic E-state index is 12.9. The fraction of sp³-hybridized carbons (Fsp3) is 0.333. The molecule has 1 saturated heterocycles. The first-order valence-corrected chi connectivity index (χ1v) is 8.65. The van der Waals surface area contributed by atoms with Gasteiger partial charge in [0.1, 0.15) is 6.61 Å². The van der Waals surface area contributed by atoms with Crippen LogP contribution < -0.4 is 0 Å². The van der Waals surface area contributed by atoms with E-state index in [4.69, 9.17) is 4.74 Å². The molecule has 2 amide bonds. The van der Waals surface area contributed by atoms with Gasteiger partial charge in [-0.3, -0.25) is 9.59 Å². The average Bonchev–Trinajstić information content (AvgIpc) is 3.10. The van der Waals surface area contributed by atoms with E-state index in [0.29, 0.717) is 6.54 Å². The molecule has 3 rings (SSSR count). The second-order valence-corrected chi connectivity index (χ2v) is 6.90. The number of likely N-dealkylation sites (N-methyl/N-ethyl adjacent to an activating group) is 2. The van der Waals surface area contributed by atoms with Crippen LogP contribution in [-0.4, -0.2) is 48.4 Å². The lowest BCUT2D eigenvalue weighted by molar-refractivity contribution is -0.167. The number of rotatable bonds is 4. The first-order chi connectivity index (χ1) is 11.6. The highest BCUT2D eigenvalue weighted by atomic mass is 32.1. The average molecular weight is 344 g/mol. The molecule has 1 fully saturated rings. The van der Waals surface area contributed by atoms with Crippen molar-refractivity contribution >= 4 is 23.2 Å². The molecule has 0 N–H and O–H groups in total. The van der Waals surface area contributed by atoms with E-state index in [9.17, 15) is 9.59 Å². The van der Waals surface area contributed by atoms with Crippen LogP contribution >= 0.6 is 11.3 Å². The zero-order valence-corrected chi connectivity index (χ0v) is 14.5. The Morgan fingerprint density at radius 1 is 1.29 bits per heavy atom. The van der Waals surface area contributed by atoms with Crippen LogP contribution in [0.2, 0.25) is 0 Å². The lowest BCUT2D eigenvalue weighted by Gasteiger charge is -2.39. The van der Waals surface area contributed by atoms with E-state index in [1.807, 2.05) is 47.8 Å². The van der Waals surface area contributed by atoms with Gasteiger partial charge in [-0.05, 0) is 17.0 Å². The Kier molecular flexibility index (Phi) is 4.97. The number of morpholine rings is 1. The monoisotopic (exact) mass is 344 g/mol. The second-order valence-electron chi connectivity index (χ2n) is 5.87. The fourth-order valence-corrected chi connectivity index (χ4v) is 3.66. The molecule has 0 saturated carbocycles. The molecule has 126 valence electrons. The summed E-state index contributed by atoms with van der Waals surface area (Å²) in [4.78, 5) is 29.4. The molecule has 1 aliphatic rings. The smallest absolute Gasteiger partial charge is 0.254 e. The minimum Gasteiger partial charge on any atom is -0.356 e. The zero-order valence-electron chi connectivity index (χ0n) is 13.7. The van der Waals surface area contributed by atoms with Crippen LogP contribution in [0.15, 0.2) is 47.8 Å². The summed E-state index contributed by atoms with van der Waals surface area (Å²) in [6.45, 7) is 0.471. The predicted octanol–water partition coefficient (Wildman–Crippen LogP) is 2.31. The number of benzene rings is 1. The Hall–Kier alpha value is -2.18. The van der Waals surface area contributed by atoms with Gasteiger partial charge in [0.15, 0.2) is 6.10 Å². The SMILES string of the molecule is CN(Cc1cccs1)C(=O)[C@@H]1OCC(=O)N(C)[C@@H]1c1ccccc1. The fourth-order valence-electron chi connectivity index (χ4n) is 2.90. The van der Waals surface area contributed by atoms with Crippen molar-refractivity contribution in [2.75, 3.05) is 20.7 Å². The van der Waals surface area contributed by atoms with Gasteiger partial charge in [-0.2, -0.15) is 0 Å². The van der Waals surface area contributed by atoms with Gasteiger partial charge >= 0.3 is 0 Å². The number of thiophene rings is 1. The Labute approximate surface area is 145 Å². The molecule has 2 aromatic rings. The van der Waals surface area contributed by atoms with Gasteiger partial charge < -0.3 is 14.5 Å². The molecule has 2 heterocycles. The van der Waals surface area contributed by atoms with Crippen molar-refractivity contribution < 1.29 is 14.3 Å². The van der Waals surface area contributed by atoms with Crippen molar-refractivity contribution in [2.45, 2.75) is 18.7 Å². The summed E-state index contributed by atoms with van der Waals surface area (Å²) in [7, 11) is 3.49. The highest BCUT2D eigenvalue weighted by molar-refractivity contribution is 7.09. The number of carbonyl (C=O) groups excluding carboxylic acids is 2. The maximum Gasteiger partial charge on any atom is 0.254 e. The third-order valence-corrected chi connectivity index (χ3v) is 5.08. The molecule has 1 aromatic carbocycles. The van der Waals surface area contributed by atoms with Gasteiger partial charge in [-0.15, -0.1) is 11.3 Å². The third kappa shape index (κ3) is 3.34. The molecule has 0 spiro atoms. The third-order valence-electron chi connectivity index (χ3n) is 4.22. The molecule has 0 unspecified atom stereocenters. The largest absolute Gasteiger partial charge is 0.356 e. The standard InChI is InChI=1S/C18H20N2O3S/c1-19(11-14-9-6-10-24-14)18(22)17-16(13-7-4-3-5-8-13)20(2)15(21)12-23-17/h3-10,16-17H,11-12H2,1-2H3/t16-,17-/m1/s1. The minimum atomic E-state index is -0.694. The topological polar surface area (TPSA) is 49.9 Å². The Morgan fingerprint density at radius 3 is 2.71 bits per heavy atom. The van der Waals surface area contributed by atoms with Crippen LogP contribution in [0, 0.1) is 0 Å². The molecule has 0 radical (unpaired) electrons. The summed E-state index contributed by atoms with van der Waals surface area (Å²) in [5, 5.41) is 1.99. The molecule has 24 heavy (non-hydrogen) atoms. The first kappa shape index (κ1) is 16.7. The summed E-state index contributed by atoms with van der Waals surface area (Å²) >= 11 is 1.61. The zero-order chi connectivity index (χ0) is 17.1. The van der Waals surface area contributed by atoms with Gasteiger partial charge in [0.05, 0.1) is 12.6 Å². The molecule has 2 atom stereocenters. The van der Waals surface area contributed by atoms with Gasteiger partial charge in [0.2, 0.25) is 5.91 Å². The Bertz CT molecular complexity index is 702. The van der Waals surface area contributed by atoms with Crippen LogP contribution in [0.25, 0.3) is 0 Å². The number of hydrogen-bond acceptors (Lipinski definition) is 4. The second kappa shape index (κ2) is 7.15. The summed E-state index contributed by atoms with van der Waals surface area (Å²) < 4.78 is 5.65. The number of nitrogens with zero attached hydrogens (tertiary/aromatic N) is 2. The minimum absolute atomic E-state index is 0.0664. The number of hydrogen-bond donors (Lipinski definition) is 0. The molecule has 0 aliphatic carbocycles. The van der Waals surface area contributed by atoms with Gasteiger partial charge in [0, 0.05) is 19.0 Å². The predicted molar refractivity (Wildman–Crippen MR) is 92.5 cm³/mol. The van der Waals surface area contributed by atoms with Crippen LogP contribution in [0.1, 0.15) is 16.5 Å². The van der Waals surface area contributed by atoms with Crippen molar-refractivity contribution in [3.63, 3.8) is 0 Å². The van der Waals surface area contributed by atoms with Crippen molar-refractivity contribution in [3.8, 4) is 0 Å². The van der Waals surface area contributed by atoms with Crippen molar-refractivity contribution in [1.29, 1.82) is 0 Å². The van der Waals surface area contributed by atoms with Gasteiger partial charge in [-0.25, -0.2) is 0 Å². The lowest BCUT2D eigenvalue weighted by atomic mass is 9.97. The van der Waals surface area contributed by atoms with E-state index in [1.54, 1.807) is 35.2 Å². The van der Waals surface area contributed by atoms with Gasteiger partial charge in [-0.1, -0.05) is 36.4 Å². The van der Waals surface area contributed by atoms with Crippen molar-refractivity contribution in [1.82, 2.24) is 9.80 Å². The number of carbonyl (C=O) groups is 2. The Balaban J connectivity index is 1.83. The van der Waals surface area contributed by atoms with Crippen LogP contribution in [0.5, 0.6) is 0 Å². The van der Waals surface area contributed by atoms with E-state index < -0.39 is 12.1 Å².